The summed E-state index contributed by atoms with van der Waals surface area (Å²) in [5, 5.41) is 0. The van der Waals surface area contributed by atoms with Crippen LogP contribution in [-0.2, 0) is 0 Å². The molecule has 0 atom stereocenters. The van der Waals surface area contributed by atoms with E-state index in [0.29, 0.717) is 25.2 Å². The first-order valence-electron chi connectivity index (χ1n) is 10.5. The van der Waals surface area contributed by atoms with E-state index in [1.165, 1.54) is 6.92 Å². The molecule has 0 unspecified atom stereocenters. The van der Waals surface area contributed by atoms with Gasteiger partial charge in [0.1, 0.15) is 5.75 Å². The van der Waals surface area contributed by atoms with E-state index >= 15 is 0 Å². The summed E-state index contributed by atoms with van der Waals surface area (Å²) in [6, 6.07) is 1.15. The average molecular weight is 422 g/mol. The van der Waals surface area contributed by atoms with Crippen molar-refractivity contribution < 1.29 is 31.4 Å². The molecule has 2 nitrogen and oxygen atoms in total. The van der Waals surface area contributed by atoms with Gasteiger partial charge >= 0.3 is 6.11 Å². The first-order chi connectivity index (χ1) is 13.7. The molecule has 166 valence electrons. The van der Waals surface area contributed by atoms with Crippen LogP contribution in [0, 0.1) is 24.6 Å². The van der Waals surface area contributed by atoms with Gasteiger partial charge < -0.3 is 9.47 Å². The van der Waals surface area contributed by atoms with Gasteiger partial charge in [-0.25, -0.2) is 13.2 Å². The molecule has 0 aliphatic heterocycles. The van der Waals surface area contributed by atoms with Crippen molar-refractivity contribution in [2.24, 2.45) is 11.8 Å². The predicted molar refractivity (Wildman–Crippen MR) is 102 cm³/mol. The van der Waals surface area contributed by atoms with Gasteiger partial charge in [0.25, 0.3) is 6.43 Å². The first kappa shape index (κ1) is 23.7. The zero-order valence-electron chi connectivity index (χ0n) is 17.4. The summed E-state index contributed by atoms with van der Waals surface area (Å²) in [4.78, 5) is 0. The number of aryl methyl sites for hydroxylation is 1. The molecule has 7 heteroatoms. The molecular weight excluding hydrogens is 391 g/mol. The maximum atomic E-state index is 14.8. The van der Waals surface area contributed by atoms with Gasteiger partial charge in [-0.05, 0) is 56.6 Å². The van der Waals surface area contributed by atoms with Crippen LogP contribution in [0.3, 0.4) is 0 Å². The highest BCUT2D eigenvalue weighted by Gasteiger charge is 2.45. The molecule has 0 N–H and O–H groups in total. The number of hydrogen-bond acceptors (Lipinski definition) is 2. The second-order valence-corrected chi connectivity index (χ2v) is 7.92. The molecule has 0 bridgehead atoms. The number of hydrogen-bond donors (Lipinski definition) is 0. The van der Waals surface area contributed by atoms with Crippen molar-refractivity contribution in [3.63, 3.8) is 0 Å². The lowest BCUT2D eigenvalue weighted by molar-refractivity contribution is -0.224. The highest BCUT2D eigenvalue weighted by Crippen LogP contribution is 2.45. The Balaban J connectivity index is 2.23. The lowest BCUT2D eigenvalue weighted by atomic mass is 9.79. The molecule has 0 aromatic heterocycles. The number of alkyl halides is 4. The van der Waals surface area contributed by atoms with E-state index in [-0.39, 0.29) is 30.8 Å². The Morgan fingerprint density at radius 1 is 1.10 bits per heavy atom. The molecule has 1 aromatic rings. The fraction of sp³-hybridized carbons (Fsp3) is 0.727. The van der Waals surface area contributed by atoms with Gasteiger partial charge in [-0.2, -0.15) is 8.78 Å². The Bertz CT molecular complexity index is 655. The molecule has 0 spiro atoms. The van der Waals surface area contributed by atoms with Crippen LogP contribution in [0.25, 0.3) is 0 Å². The van der Waals surface area contributed by atoms with E-state index in [4.69, 9.17) is 9.47 Å². The largest absolute Gasteiger partial charge is 0.490 e. The highest BCUT2D eigenvalue weighted by atomic mass is 19.3. The molecule has 1 aliphatic carbocycles. The normalized spacial score (nSPS) is 20.2. The average Bonchev–Trinajstić information content (AvgIpc) is 2.66. The van der Waals surface area contributed by atoms with Gasteiger partial charge in [0.15, 0.2) is 11.6 Å². The number of ether oxygens (including phenoxy) is 2. The second kappa shape index (κ2) is 10.5. The summed E-state index contributed by atoms with van der Waals surface area (Å²) in [6.07, 6.45) is -1.66. The van der Waals surface area contributed by atoms with Gasteiger partial charge in [0.2, 0.25) is 0 Å². The Kier molecular flexibility index (Phi) is 8.58. The van der Waals surface area contributed by atoms with Crippen LogP contribution in [-0.4, -0.2) is 12.7 Å². The summed E-state index contributed by atoms with van der Waals surface area (Å²) in [6.45, 7) is 5.47. The lowest BCUT2D eigenvalue weighted by Gasteiger charge is -2.34. The summed E-state index contributed by atoms with van der Waals surface area (Å²) >= 11 is 0. The molecular formula is C22H31F5O2. The van der Waals surface area contributed by atoms with Crippen molar-refractivity contribution in [3.8, 4) is 11.5 Å². The lowest BCUT2D eigenvalue weighted by Crippen LogP contribution is -2.37. The van der Waals surface area contributed by atoms with E-state index in [9.17, 15) is 22.0 Å². The van der Waals surface area contributed by atoms with Crippen molar-refractivity contribution in [2.75, 3.05) is 6.61 Å². The van der Waals surface area contributed by atoms with E-state index in [1.54, 1.807) is 0 Å². The summed E-state index contributed by atoms with van der Waals surface area (Å²) in [7, 11) is 0. The van der Waals surface area contributed by atoms with Crippen LogP contribution < -0.4 is 9.47 Å². The molecule has 2 rings (SSSR count). The molecule has 0 radical (unpaired) electrons. The van der Waals surface area contributed by atoms with Gasteiger partial charge in [0, 0.05) is 0 Å². The van der Waals surface area contributed by atoms with Gasteiger partial charge in [-0.1, -0.05) is 33.1 Å². The third-order valence-electron chi connectivity index (χ3n) is 5.63. The summed E-state index contributed by atoms with van der Waals surface area (Å²) in [5.74, 6) is -3.12. The van der Waals surface area contributed by atoms with Gasteiger partial charge in [-0.3, -0.25) is 0 Å². The van der Waals surface area contributed by atoms with Crippen molar-refractivity contribution in [1.29, 1.82) is 0 Å². The molecule has 0 saturated heterocycles. The zero-order chi connectivity index (χ0) is 21.6. The summed E-state index contributed by atoms with van der Waals surface area (Å²) < 4.78 is 81.4. The third kappa shape index (κ3) is 5.98. The summed E-state index contributed by atoms with van der Waals surface area (Å²) in [5.41, 5.74) is -1.15. The molecule has 1 aromatic carbocycles. The number of rotatable bonds is 10. The van der Waals surface area contributed by atoms with E-state index < -0.39 is 35.6 Å². The maximum absolute atomic E-state index is 14.8. The highest BCUT2D eigenvalue weighted by molar-refractivity contribution is 5.49. The Morgan fingerprint density at radius 2 is 1.76 bits per heavy atom. The SMILES string of the molecule is CCCCOc1cc(C)c(OC(F)(F)C2CCC(CCC)CC2)c(C(F)F)c1F. The van der Waals surface area contributed by atoms with Crippen LogP contribution in [0.15, 0.2) is 6.07 Å². The molecule has 0 amide bonds. The van der Waals surface area contributed by atoms with Crippen molar-refractivity contribution >= 4 is 0 Å². The van der Waals surface area contributed by atoms with Gasteiger partial charge in [-0.15, -0.1) is 0 Å². The van der Waals surface area contributed by atoms with Crippen molar-refractivity contribution in [1.82, 2.24) is 0 Å². The topological polar surface area (TPSA) is 18.5 Å². The van der Waals surface area contributed by atoms with E-state index in [1.807, 2.05) is 6.92 Å². The Hall–Kier alpha value is -1.53. The van der Waals surface area contributed by atoms with Gasteiger partial charge in [0.05, 0.1) is 18.1 Å². The Morgan fingerprint density at radius 3 is 2.31 bits per heavy atom. The standard InChI is InChI=1S/C22H31F5O2/c1-4-6-12-28-17-13-14(3)20(18(19(17)23)21(24)25)29-22(26,27)16-10-8-15(7-5-2)9-11-16/h13,15-16,21H,4-12H2,1-3H3. The fourth-order valence-corrected chi connectivity index (χ4v) is 3.95. The predicted octanol–water partition coefficient (Wildman–Crippen LogP) is 7.83. The van der Waals surface area contributed by atoms with Crippen LogP contribution in [0.2, 0.25) is 0 Å². The third-order valence-corrected chi connectivity index (χ3v) is 5.63. The smallest absolute Gasteiger partial charge is 0.400 e. The minimum absolute atomic E-state index is 0.00698. The molecule has 29 heavy (non-hydrogen) atoms. The molecule has 1 aliphatic rings. The van der Waals surface area contributed by atoms with Crippen LogP contribution in [0.4, 0.5) is 22.0 Å². The molecule has 1 fully saturated rings. The number of halogens is 5. The molecule has 0 heterocycles. The van der Waals surface area contributed by atoms with E-state index in [0.717, 1.165) is 25.3 Å². The fourth-order valence-electron chi connectivity index (χ4n) is 3.95. The van der Waals surface area contributed by atoms with Crippen molar-refractivity contribution in [2.45, 2.75) is 84.7 Å². The van der Waals surface area contributed by atoms with Crippen LogP contribution in [0.5, 0.6) is 11.5 Å². The number of benzene rings is 1. The van der Waals surface area contributed by atoms with Crippen LogP contribution in [0.1, 0.15) is 82.8 Å². The maximum Gasteiger partial charge on any atom is 0.400 e. The van der Waals surface area contributed by atoms with E-state index in [2.05, 4.69) is 6.92 Å². The molecule has 1 saturated carbocycles. The number of unbranched alkanes of at least 4 members (excludes halogenated alkanes) is 1. The van der Waals surface area contributed by atoms with Crippen LogP contribution >= 0.6 is 0 Å². The monoisotopic (exact) mass is 422 g/mol. The first-order valence-corrected chi connectivity index (χ1v) is 10.5. The zero-order valence-corrected chi connectivity index (χ0v) is 17.4. The quantitative estimate of drug-likeness (QED) is 0.283. The second-order valence-electron chi connectivity index (χ2n) is 7.92. The minimum Gasteiger partial charge on any atom is -0.490 e. The Labute approximate surface area is 169 Å². The minimum atomic E-state index is -3.64. The van der Waals surface area contributed by atoms with Crippen molar-refractivity contribution in [3.05, 3.63) is 23.0 Å².